The fourth-order valence-corrected chi connectivity index (χ4v) is 2.39. The Morgan fingerprint density at radius 2 is 1.73 bits per heavy atom. The zero-order chi connectivity index (χ0) is 15.7. The lowest BCUT2D eigenvalue weighted by molar-refractivity contribution is -0.129. The van der Waals surface area contributed by atoms with Crippen molar-refractivity contribution in [2.24, 2.45) is 4.99 Å². The standard InChI is InChI=1S/C16H8Cl3NO2/c17-11-4-2-1-3-9(11)8-14-16(21)22-15(20-14)10-5-6-12(18)13(19)7-10/h1-8H. The van der Waals surface area contributed by atoms with E-state index >= 15 is 0 Å². The van der Waals surface area contributed by atoms with E-state index in [-0.39, 0.29) is 11.6 Å². The topological polar surface area (TPSA) is 38.7 Å². The number of carbonyl (C=O) groups is 1. The molecular weight excluding hydrogens is 345 g/mol. The predicted octanol–water partition coefficient (Wildman–Crippen LogP) is 4.99. The number of cyclic esters (lactones) is 1. The van der Waals surface area contributed by atoms with Crippen LogP contribution in [0.5, 0.6) is 0 Å². The van der Waals surface area contributed by atoms with E-state index < -0.39 is 5.97 Å². The van der Waals surface area contributed by atoms with Crippen molar-refractivity contribution in [1.29, 1.82) is 0 Å². The maximum Gasteiger partial charge on any atom is 0.363 e. The Balaban J connectivity index is 1.98. The fraction of sp³-hybridized carbons (Fsp3) is 0. The molecule has 2 aromatic rings. The van der Waals surface area contributed by atoms with E-state index in [4.69, 9.17) is 39.5 Å². The van der Waals surface area contributed by atoms with E-state index in [2.05, 4.69) is 4.99 Å². The molecule has 0 bridgehead atoms. The van der Waals surface area contributed by atoms with Gasteiger partial charge in [-0.1, -0.05) is 53.0 Å². The molecule has 0 N–H and O–H groups in total. The van der Waals surface area contributed by atoms with Crippen LogP contribution in [0.1, 0.15) is 11.1 Å². The minimum Gasteiger partial charge on any atom is -0.402 e. The zero-order valence-corrected chi connectivity index (χ0v) is 13.3. The summed E-state index contributed by atoms with van der Waals surface area (Å²) in [5.41, 5.74) is 1.44. The van der Waals surface area contributed by atoms with Gasteiger partial charge in [0.1, 0.15) is 0 Å². The van der Waals surface area contributed by atoms with Crippen LogP contribution in [-0.4, -0.2) is 11.9 Å². The van der Waals surface area contributed by atoms with Crippen molar-refractivity contribution in [2.75, 3.05) is 0 Å². The smallest absolute Gasteiger partial charge is 0.363 e. The normalized spacial score (nSPS) is 15.9. The van der Waals surface area contributed by atoms with Crippen LogP contribution in [0.4, 0.5) is 0 Å². The van der Waals surface area contributed by atoms with Crippen LogP contribution in [0.2, 0.25) is 15.1 Å². The average Bonchev–Trinajstić information content (AvgIpc) is 2.85. The molecule has 0 unspecified atom stereocenters. The summed E-state index contributed by atoms with van der Waals surface area (Å²) in [7, 11) is 0. The quantitative estimate of drug-likeness (QED) is 0.564. The van der Waals surface area contributed by atoms with Gasteiger partial charge in [0, 0.05) is 10.6 Å². The first kappa shape index (κ1) is 15.1. The molecule has 0 amide bonds. The van der Waals surface area contributed by atoms with Gasteiger partial charge in [-0.3, -0.25) is 0 Å². The minimum absolute atomic E-state index is 0.175. The average molecular weight is 353 g/mol. The lowest BCUT2D eigenvalue weighted by atomic mass is 10.2. The van der Waals surface area contributed by atoms with Gasteiger partial charge < -0.3 is 4.74 Å². The molecular formula is C16H8Cl3NO2. The molecule has 2 aromatic carbocycles. The molecule has 1 heterocycles. The summed E-state index contributed by atoms with van der Waals surface area (Å²) < 4.78 is 5.16. The molecule has 0 aliphatic carbocycles. The Labute approximate surface area is 141 Å². The highest BCUT2D eigenvalue weighted by Crippen LogP contribution is 2.26. The van der Waals surface area contributed by atoms with Gasteiger partial charge in [0.15, 0.2) is 5.70 Å². The molecule has 0 spiro atoms. The van der Waals surface area contributed by atoms with Gasteiger partial charge in [-0.25, -0.2) is 9.79 Å². The van der Waals surface area contributed by atoms with Gasteiger partial charge in [0.2, 0.25) is 5.90 Å². The van der Waals surface area contributed by atoms with Crippen molar-refractivity contribution in [3.05, 3.63) is 74.4 Å². The van der Waals surface area contributed by atoms with E-state index in [0.29, 0.717) is 26.2 Å². The maximum absolute atomic E-state index is 11.9. The van der Waals surface area contributed by atoms with Crippen LogP contribution in [0.15, 0.2) is 53.2 Å². The number of hydrogen-bond acceptors (Lipinski definition) is 3. The number of hydrogen-bond donors (Lipinski definition) is 0. The summed E-state index contributed by atoms with van der Waals surface area (Å²) in [6, 6.07) is 12.0. The summed E-state index contributed by atoms with van der Waals surface area (Å²) >= 11 is 17.9. The van der Waals surface area contributed by atoms with Gasteiger partial charge >= 0.3 is 5.97 Å². The highest BCUT2D eigenvalue weighted by molar-refractivity contribution is 6.42. The van der Waals surface area contributed by atoms with Crippen LogP contribution >= 0.6 is 34.8 Å². The molecule has 0 saturated heterocycles. The molecule has 0 saturated carbocycles. The third-order valence-corrected chi connectivity index (χ3v) is 4.07. The Kier molecular flexibility index (Phi) is 4.21. The van der Waals surface area contributed by atoms with Crippen LogP contribution in [0.25, 0.3) is 6.08 Å². The maximum atomic E-state index is 11.9. The van der Waals surface area contributed by atoms with Gasteiger partial charge in [0.05, 0.1) is 10.0 Å². The lowest BCUT2D eigenvalue weighted by Gasteiger charge is -2.01. The molecule has 0 atom stereocenters. The van der Waals surface area contributed by atoms with Gasteiger partial charge in [-0.15, -0.1) is 0 Å². The first-order valence-electron chi connectivity index (χ1n) is 6.27. The number of halogens is 3. The molecule has 3 rings (SSSR count). The molecule has 110 valence electrons. The molecule has 1 aliphatic heterocycles. The van der Waals surface area contributed by atoms with E-state index in [1.165, 1.54) is 0 Å². The Bertz CT molecular complexity index is 828. The number of carbonyl (C=O) groups excluding carboxylic acids is 1. The van der Waals surface area contributed by atoms with Gasteiger partial charge in [-0.05, 0) is 35.9 Å². The molecule has 0 aromatic heterocycles. The zero-order valence-electron chi connectivity index (χ0n) is 11.0. The Morgan fingerprint density at radius 3 is 2.45 bits per heavy atom. The third kappa shape index (κ3) is 3.02. The number of esters is 1. The lowest BCUT2D eigenvalue weighted by Crippen LogP contribution is -2.05. The molecule has 0 fully saturated rings. The van der Waals surface area contributed by atoms with Crippen LogP contribution in [0, 0.1) is 0 Å². The van der Waals surface area contributed by atoms with Crippen molar-refractivity contribution >= 4 is 52.7 Å². The highest BCUT2D eigenvalue weighted by Gasteiger charge is 2.24. The summed E-state index contributed by atoms with van der Waals surface area (Å²) in [6.45, 7) is 0. The third-order valence-electron chi connectivity index (χ3n) is 2.98. The van der Waals surface area contributed by atoms with Crippen molar-refractivity contribution in [3.8, 4) is 0 Å². The minimum atomic E-state index is -0.541. The number of ether oxygens (including phenoxy) is 1. The van der Waals surface area contributed by atoms with Crippen LogP contribution < -0.4 is 0 Å². The number of nitrogens with zero attached hydrogens (tertiary/aromatic N) is 1. The van der Waals surface area contributed by atoms with Gasteiger partial charge in [0.25, 0.3) is 0 Å². The summed E-state index contributed by atoms with van der Waals surface area (Å²) in [6.07, 6.45) is 1.58. The van der Waals surface area contributed by atoms with E-state index in [1.807, 2.05) is 12.1 Å². The van der Waals surface area contributed by atoms with Crippen LogP contribution in [-0.2, 0) is 9.53 Å². The summed E-state index contributed by atoms with van der Waals surface area (Å²) in [5, 5.41) is 1.31. The Morgan fingerprint density at radius 1 is 0.955 bits per heavy atom. The second-order valence-corrected chi connectivity index (χ2v) is 5.71. The van der Waals surface area contributed by atoms with Crippen molar-refractivity contribution in [1.82, 2.24) is 0 Å². The molecule has 3 nitrogen and oxygen atoms in total. The van der Waals surface area contributed by atoms with Crippen LogP contribution in [0.3, 0.4) is 0 Å². The van der Waals surface area contributed by atoms with Crippen molar-refractivity contribution < 1.29 is 9.53 Å². The first-order valence-corrected chi connectivity index (χ1v) is 7.40. The summed E-state index contributed by atoms with van der Waals surface area (Å²) in [4.78, 5) is 16.1. The summed E-state index contributed by atoms with van der Waals surface area (Å²) in [5.74, 6) is -0.358. The monoisotopic (exact) mass is 351 g/mol. The largest absolute Gasteiger partial charge is 0.402 e. The number of benzene rings is 2. The Hall–Kier alpha value is -1.81. The second-order valence-electron chi connectivity index (χ2n) is 4.49. The molecule has 22 heavy (non-hydrogen) atoms. The van der Waals surface area contributed by atoms with E-state index in [0.717, 1.165) is 0 Å². The fourth-order valence-electron chi connectivity index (χ4n) is 1.90. The first-order chi connectivity index (χ1) is 10.5. The molecule has 0 radical (unpaired) electrons. The second kappa shape index (κ2) is 6.13. The highest BCUT2D eigenvalue weighted by atomic mass is 35.5. The number of aliphatic imine (C=N–C) groups is 1. The van der Waals surface area contributed by atoms with E-state index in [9.17, 15) is 4.79 Å². The molecule has 6 heteroatoms. The van der Waals surface area contributed by atoms with Gasteiger partial charge in [-0.2, -0.15) is 0 Å². The molecule has 1 aliphatic rings. The number of rotatable bonds is 2. The predicted molar refractivity (Wildman–Crippen MR) is 88.5 cm³/mol. The van der Waals surface area contributed by atoms with E-state index in [1.54, 1.807) is 36.4 Å². The van der Waals surface area contributed by atoms with Crippen molar-refractivity contribution in [3.63, 3.8) is 0 Å². The SMILES string of the molecule is O=C1OC(c2ccc(Cl)c(Cl)c2)=NC1=Cc1ccccc1Cl. The van der Waals surface area contributed by atoms with Crippen molar-refractivity contribution in [2.45, 2.75) is 0 Å².